The third-order valence-corrected chi connectivity index (χ3v) is 4.64. The largest absolute Gasteiger partial charge is 0.353 e. The minimum Gasteiger partial charge on any atom is -0.353 e. The van der Waals surface area contributed by atoms with E-state index >= 15 is 0 Å². The molecule has 22 heavy (non-hydrogen) atoms. The van der Waals surface area contributed by atoms with Crippen molar-refractivity contribution in [2.24, 2.45) is 5.92 Å². The molecule has 0 aromatic carbocycles. The van der Waals surface area contributed by atoms with Crippen LogP contribution >= 0.6 is 0 Å². The number of piperidine rings is 1. The van der Waals surface area contributed by atoms with Crippen LogP contribution in [-0.2, 0) is 10.2 Å². The first-order valence-electron chi connectivity index (χ1n) is 8.33. The van der Waals surface area contributed by atoms with Crippen LogP contribution in [0.5, 0.6) is 0 Å². The summed E-state index contributed by atoms with van der Waals surface area (Å²) in [5, 5.41) is 8.65. The van der Waals surface area contributed by atoms with E-state index < -0.39 is 0 Å². The Hall–Kier alpha value is -1.65. The maximum absolute atomic E-state index is 12.4. The minimum absolute atomic E-state index is 0.0211. The van der Waals surface area contributed by atoms with Crippen LogP contribution in [0.1, 0.15) is 45.7 Å². The first kappa shape index (κ1) is 15.3. The van der Waals surface area contributed by atoms with E-state index in [1.165, 1.54) is 6.42 Å². The van der Waals surface area contributed by atoms with Crippen LogP contribution in [0.4, 0.5) is 5.82 Å². The normalized spacial score (nSPS) is 20.0. The van der Waals surface area contributed by atoms with Crippen LogP contribution in [0.25, 0.3) is 0 Å². The molecule has 0 spiro atoms. The van der Waals surface area contributed by atoms with Gasteiger partial charge in [0.05, 0.1) is 11.6 Å². The first-order valence-corrected chi connectivity index (χ1v) is 8.33. The van der Waals surface area contributed by atoms with Gasteiger partial charge in [0, 0.05) is 31.6 Å². The van der Waals surface area contributed by atoms with Gasteiger partial charge in [-0.05, 0) is 31.4 Å². The quantitative estimate of drug-likeness (QED) is 0.840. The lowest BCUT2D eigenvalue weighted by Crippen LogP contribution is -2.55. The topological polar surface area (TPSA) is 49.3 Å². The maximum atomic E-state index is 12.4. The van der Waals surface area contributed by atoms with Gasteiger partial charge in [-0.3, -0.25) is 4.79 Å². The Morgan fingerprint density at radius 2 is 1.77 bits per heavy atom. The molecule has 2 saturated heterocycles. The molecule has 120 valence electrons. The molecule has 0 atom stereocenters. The highest BCUT2D eigenvalue weighted by Crippen LogP contribution is 2.26. The predicted molar refractivity (Wildman–Crippen MR) is 86.9 cm³/mol. The fourth-order valence-electron chi connectivity index (χ4n) is 3.09. The lowest BCUT2D eigenvalue weighted by atomic mass is 9.92. The number of nitrogens with zero attached hydrogens (tertiary/aromatic N) is 4. The van der Waals surface area contributed by atoms with Crippen molar-refractivity contribution in [3.63, 3.8) is 0 Å². The van der Waals surface area contributed by atoms with Gasteiger partial charge in [0.2, 0.25) is 5.91 Å². The number of anilines is 1. The van der Waals surface area contributed by atoms with E-state index in [1.54, 1.807) is 0 Å². The predicted octanol–water partition coefficient (Wildman–Crippen LogP) is 2.22. The highest BCUT2D eigenvalue weighted by Gasteiger charge is 2.36. The third kappa shape index (κ3) is 3.08. The van der Waals surface area contributed by atoms with Crippen LogP contribution < -0.4 is 4.90 Å². The maximum Gasteiger partial charge on any atom is 0.229 e. The molecule has 0 aliphatic carbocycles. The standard InChI is InChI=1S/C17H26N4O/c1-17(2,3)14-7-8-15(19-18-14)21-11-13(12-21)16(22)20-9-5-4-6-10-20/h7-8,13H,4-6,9-12H2,1-3H3. The summed E-state index contributed by atoms with van der Waals surface area (Å²) in [6, 6.07) is 4.07. The van der Waals surface area contributed by atoms with E-state index in [-0.39, 0.29) is 11.3 Å². The Morgan fingerprint density at radius 1 is 1.09 bits per heavy atom. The summed E-state index contributed by atoms with van der Waals surface area (Å²) in [5.41, 5.74) is 1.02. The summed E-state index contributed by atoms with van der Waals surface area (Å²) in [5.74, 6) is 1.35. The van der Waals surface area contributed by atoms with Gasteiger partial charge >= 0.3 is 0 Å². The molecule has 3 rings (SSSR count). The number of hydrogen-bond donors (Lipinski definition) is 0. The SMILES string of the molecule is CC(C)(C)c1ccc(N2CC(C(=O)N3CCCCC3)C2)nn1. The van der Waals surface area contributed by atoms with E-state index in [9.17, 15) is 4.79 Å². The van der Waals surface area contributed by atoms with Crippen molar-refractivity contribution in [3.05, 3.63) is 17.8 Å². The lowest BCUT2D eigenvalue weighted by Gasteiger charge is -2.42. The molecule has 2 aliphatic heterocycles. The molecule has 0 unspecified atom stereocenters. The molecule has 0 saturated carbocycles. The fraction of sp³-hybridized carbons (Fsp3) is 0.706. The molecule has 0 radical (unpaired) electrons. The Kier molecular flexibility index (Phi) is 4.06. The molecule has 2 fully saturated rings. The Morgan fingerprint density at radius 3 is 2.32 bits per heavy atom. The molecule has 5 heteroatoms. The number of rotatable bonds is 2. The molecular weight excluding hydrogens is 276 g/mol. The second kappa shape index (κ2) is 5.86. The van der Waals surface area contributed by atoms with Crippen LogP contribution in [0.2, 0.25) is 0 Å². The zero-order valence-corrected chi connectivity index (χ0v) is 13.9. The Bertz CT molecular complexity index is 523. The van der Waals surface area contributed by atoms with E-state index in [4.69, 9.17) is 0 Å². The minimum atomic E-state index is 0.0211. The third-order valence-electron chi connectivity index (χ3n) is 4.64. The monoisotopic (exact) mass is 302 g/mol. The van der Waals surface area contributed by atoms with Gasteiger partial charge < -0.3 is 9.80 Å². The summed E-state index contributed by atoms with van der Waals surface area (Å²) < 4.78 is 0. The Balaban J connectivity index is 1.55. The zero-order valence-electron chi connectivity index (χ0n) is 13.9. The van der Waals surface area contributed by atoms with Crippen LogP contribution in [-0.4, -0.2) is 47.2 Å². The van der Waals surface area contributed by atoms with Gasteiger partial charge in [0.25, 0.3) is 0 Å². The summed E-state index contributed by atoms with van der Waals surface area (Å²) in [6.07, 6.45) is 3.57. The highest BCUT2D eigenvalue weighted by molar-refractivity contribution is 5.82. The van der Waals surface area contributed by atoms with Gasteiger partial charge in [0.1, 0.15) is 0 Å². The first-order chi connectivity index (χ1) is 10.4. The van der Waals surface area contributed by atoms with Crippen molar-refractivity contribution in [2.75, 3.05) is 31.1 Å². The molecular formula is C17H26N4O. The number of hydrogen-bond acceptors (Lipinski definition) is 4. The van der Waals surface area contributed by atoms with Gasteiger partial charge in [-0.25, -0.2) is 0 Å². The van der Waals surface area contributed by atoms with Gasteiger partial charge in [0.15, 0.2) is 5.82 Å². The molecule has 5 nitrogen and oxygen atoms in total. The second-order valence-electron chi connectivity index (χ2n) is 7.51. The number of carbonyl (C=O) groups excluding carboxylic acids is 1. The van der Waals surface area contributed by atoms with Crippen LogP contribution in [0.3, 0.4) is 0 Å². The molecule has 3 heterocycles. The van der Waals surface area contributed by atoms with E-state index in [0.29, 0.717) is 5.91 Å². The van der Waals surface area contributed by atoms with E-state index in [0.717, 1.165) is 50.5 Å². The van der Waals surface area contributed by atoms with Gasteiger partial charge in [-0.15, -0.1) is 5.10 Å². The van der Waals surface area contributed by atoms with Crippen molar-refractivity contribution < 1.29 is 4.79 Å². The highest BCUT2D eigenvalue weighted by atomic mass is 16.2. The summed E-state index contributed by atoms with van der Waals surface area (Å²) in [6.45, 7) is 9.83. The molecule has 1 aromatic rings. The average molecular weight is 302 g/mol. The second-order valence-corrected chi connectivity index (χ2v) is 7.51. The zero-order chi connectivity index (χ0) is 15.7. The van der Waals surface area contributed by atoms with E-state index in [1.807, 2.05) is 17.0 Å². The summed E-state index contributed by atoms with van der Waals surface area (Å²) in [4.78, 5) is 16.6. The number of amides is 1. The number of carbonyl (C=O) groups is 1. The van der Waals surface area contributed by atoms with Crippen molar-refractivity contribution in [1.29, 1.82) is 0 Å². The van der Waals surface area contributed by atoms with Gasteiger partial charge in [-0.1, -0.05) is 20.8 Å². The van der Waals surface area contributed by atoms with Crippen LogP contribution in [0.15, 0.2) is 12.1 Å². The molecule has 1 amide bonds. The summed E-state index contributed by atoms with van der Waals surface area (Å²) in [7, 11) is 0. The van der Waals surface area contributed by atoms with Gasteiger partial charge in [-0.2, -0.15) is 5.10 Å². The Labute approximate surface area is 132 Å². The van der Waals surface area contributed by atoms with Crippen molar-refractivity contribution in [2.45, 2.75) is 45.4 Å². The lowest BCUT2D eigenvalue weighted by molar-refractivity contribution is -0.137. The molecule has 0 bridgehead atoms. The fourth-order valence-corrected chi connectivity index (χ4v) is 3.09. The van der Waals surface area contributed by atoms with Crippen molar-refractivity contribution >= 4 is 11.7 Å². The average Bonchev–Trinajstić information content (AvgIpc) is 2.46. The smallest absolute Gasteiger partial charge is 0.229 e. The molecule has 1 aromatic heterocycles. The van der Waals surface area contributed by atoms with E-state index in [2.05, 4.69) is 35.9 Å². The molecule has 0 N–H and O–H groups in total. The van der Waals surface area contributed by atoms with Crippen molar-refractivity contribution in [1.82, 2.24) is 15.1 Å². The van der Waals surface area contributed by atoms with Crippen LogP contribution in [0, 0.1) is 5.92 Å². The summed E-state index contributed by atoms with van der Waals surface area (Å²) >= 11 is 0. The number of aromatic nitrogens is 2. The number of likely N-dealkylation sites (tertiary alicyclic amines) is 1. The molecule has 2 aliphatic rings. The van der Waals surface area contributed by atoms with Crippen molar-refractivity contribution in [3.8, 4) is 0 Å².